The van der Waals surface area contributed by atoms with Crippen LogP contribution < -0.4 is 15.4 Å². The molecule has 1 fully saturated rings. The Hall–Kier alpha value is -0.0900. The van der Waals surface area contributed by atoms with Crippen molar-refractivity contribution in [2.45, 2.75) is 51.9 Å². The third kappa shape index (κ3) is 12.9. The van der Waals surface area contributed by atoms with E-state index in [1.807, 2.05) is 6.92 Å². The Morgan fingerprint density at radius 3 is 2.43 bits per heavy atom. The molecule has 1 rings (SSSR count). The Labute approximate surface area is 158 Å². The molecule has 138 valence electrons. The van der Waals surface area contributed by atoms with E-state index in [0.29, 0.717) is 13.1 Å². The van der Waals surface area contributed by atoms with Gasteiger partial charge < -0.3 is 10.6 Å². The molecule has 0 aliphatic heterocycles. The van der Waals surface area contributed by atoms with Gasteiger partial charge in [0.25, 0.3) is 0 Å². The minimum absolute atomic E-state index is 0. The van der Waals surface area contributed by atoms with Crippen molar-refractivity contribution in [1.29, 1.82) is 0 Å². The first-order valence-electron chi connectivity index (χ1n) is 8.48. The van der Waals surface area contributed by atoms with Crippen LogP contribution in [0.2, 0.25) is 0 Å². The molecule has 8 heteroatoms. The zero-order valence-corrected chi connectivity index (χ0v) is 17.6. The first-order valence-corrected chi connectivity index (χ1v) is 10.4. The number of aliphatic imine (C=N–C) groups is 1. The number of hydrogen-bond donors (Lipinski definition) is 3. The average molecular weight is 460 g/mol. The molecule has 3 N–H and O–H groups in total. The van der Waals surface area contributed by atoms with Crippen molar-refractivity contribution in [3.05, 3.63) is 0 Å². The Bertz CT molecular complexity index is 423. The van der Waals surface area contributed by atoms with Gasteiger partial charge in [-0.05, 0) is 19.3 Å². The molecule has 0 radical (unpaired) electrons. The lowest BCUT2D eigenvalue weighted by Crippen LogP contribution is -2.41. The Morgan fingerprint density at radius 1 is 1.13 bits per heavy atom. The highest BCUT2D eigenvalue weighted by Crippen LogP contribution is 2.28. The van der Waals surface area contributed by atoms with Crippen LogP contribution in [0.15, 0.2) is 4.99 Å². The summed E-state index contributed by atoms with van der Waals surface area (Å²) in [6.45, 7) is 4.53. The highest BCUT2D eigenvalue weighted by atomic mass is 127. The summed E-state index contributed by atoms with van der Waals surface area (Å²) < 4.78 is 24.4. The zero-order chi connectivity index (χ0) is 16.3. The van der Waals surface area contributed by atoms with E-state index >= 15 is 0 Å². The standard InChI is InChI=1S/C15H32N4O2S.HI/c1-3-16-15(18-12-13-19-22(2,20)21)17-11-7-6-10-14-8-4-5-9-14;/h14,19H,3-13H2,1-2H3,(H2,16,17,18);1H. The number of nitrogens with zero attached hydrogens (tertiary/aromatic N) is 1. The van der Waals surface area contributed by atoms with Gasteiger partial charge in [0.2, 0.25) is 10.0 Å². The van der Waals surface area contributed by atoms with E-state index in [0.717, 1.165) is 37.6 Å². The van der Waals surface area contributed by atoms with E-state index < -0.39 is 10.0 Å². The van der Waals surface area contributed by atoms with Gasteiger partial charge in [-0.1, -0.05) is 38.5 Å². The largest absolute Gasteiger partial charge is 0.357 e. The molecule has 0 atom stereocenters. The summed E-state index contributed by atoms with van der Waals surface area (Å²) in [6, 6.07) is 0. The fourth-order valence-electron chi connectivity index (χ4n) is 2.79. The quantitative estimate of drug-likeness (QED) is 0.202. The summed E-state index contributed by atoms with van der Waals surface area (Å²) in [5.74, 6) is 1.72. The van der Waals surface area contributed by atoms with E-state index in [1.165, 1.54) is 38.5 Å². The monoisotopic (exact) mass is 460 g/mol. The molecular weight excluding hydrogens is 427 g/mol. The van der Waals surface area contributed by atoms with Crippen molar-refractivity contribution in [2.75, 3.05) is 32.4 Å². The molecule has 1 saturated carbocycles. The van der Waals surface area contributed by atoms with Crippen LogP contribution in [-0.4, -0.2) is 46.8 Å². The minimum atomic E-state index is -3.12. The van der Waals surface area contributed by atoms with Gasteiger partial charge in [-0.2, -0.15) is 0 Å². The second-order valence-corrected chi connectivity index (χ2v) is 7.83. The highest BCUT2D eigenvalue weighted by Gasteiger charge is 2.13. The molecule has 1 aliphatic rings. The summed E-state index contributed by atoms with van der Waals surface area (Å²) in [5, 5.41) is 6.31. The Balaban J connectivity index is 0.00000484. The number of sulfonamides is 1. The lowest BCUT2D eigenvalue weighted by molar-refractivity contribution is 0.475. The van der Waals surface area contributed by atoms with Gasteiger partial charge in [-0.3, -0.25) is 4.99 Å². The van der Waals surface area contributed by atoms with Crippen molar-refractivity contribution in [1.82, 2.24) is 15.4 Å². The normalized spacial score (nSPS) is 16.2. The third-order valence-corrected chi connectivity index (χ3v) is 4.62. The Morgan fingerprint density at radius 2 is 1.83 bits per heavy atom. The molecule has 23 heavy (non-hydrogen) atoms. The smallest absolute Gasteiger partial charge is 0.208 e. The van der Waals surface area contributed by atoms with Gasteiger partial charge in [-0.15, -0.1) is 24.0 Å². The van der Waals surface area contributed by atoms with E-state index in [4.69, 9.17) is 0 Å². The Kier molecular flexibility index (Phi) is 13.2. The second kappa shape index (κ2) is 13.2. The molecule has 0 amide bonds. The number of nitrogens with one attached hydrogen (secondary N) is 3. The van der Waals surface area contributed by atoms with Gasteiger partial charge in [0.15, 0.2) is 5.96 Å². The number of guanidine groups is 1. The first-order chi connectivity index (χ1) is 10.5. The van der Waals surface area contributed by atoms with Crippen LogP contribution in [0.3, 0.4) is 0 Å². The molecule has 0 aromatic carbocycles. The van der Waals surface area contributed by atoms with E-state index in [1.54, 1.807) is 0 Å². The minimum Gasteiger partial charge on any atom is -0.357 e. The molecule has 0 spiro atoms. The van der Waals surface area contributed by atoms with Crippen LogP contribution >= 0.6 is 24.0 Å². The number of halogens is 1. The number of rotatable bonds is 10. The van der Waals surface area contributed by atoms with Gasteiger partial charge in [0.1, 0.15) is 0 Å². The maximum absolute atomic E-state index is 11.0. The molecule has 0 unspecified atom stereocenters. The molecule has 6 nitrogen and oxygen atoms in total. The van der Waals surface area contributed by atoms with Crippen LogP contribution in [-0.2, 0) is 10.0 Å². The van der Waals surface area contributed by atoms with Crippen molar-refractivity contribution >= 4 is 40.0 Å². The van der Waals surface area contributed by atoms with Crippen molar-refractivity contribution < 1.29 is 8.42 Å². The number of unbranched alkanes of at least 4 members (excludes halogenated alkanes) is 1. The molecule has 0 aromatic heterocycles. The summed E-state index contributed by atoms with van der Waals surface area (Å²) >= 11 is 0. The second-order valence-electron chi connectivity index (χ2n) is 6.00. The van der Waals surface area contributed by atoms with E-state index in [9.17, 15) is 8.42 Å². The maximum atomic E-state index is 11.0. The molecular formula is C15H33IN4O2S. The first kappa shape index (κ1) is 22.9. The SMILES string of the molecule is CCNC(=NCCCCC1CCCC1)NCCNS(C)(=O)=O.I. The fourth-order valence-corrected chi connectivity index (χ4v) is 3.27. The van der Waals surface area contributed by atoms with E-state index in [-0.39, 0.29) is 24.0 Å². The summed E-state index contributed by atoms with van der Waals surface area (Å²) in [7, 11) is -3.12. The topological polar surface area (TPSA) is 82.6 Å². The van der Waals surface area contributed by atoms with Crippen molar-refractivity contribution in [2.24, 2.45) is 10.9 Å². The van der Waals surface area contributed by atoms with Gasteiger partial charge >= 0.3 is 0 Å². The molecule has 0 bridgehead atoms. The van der Waals surface area contributed by atoms with E-state index in [2.05, 4.69) is 20.3 Å². The van der Waals surface area contributed by atoms with Crippen LogP contribution in [0.5, 0.6) is 0 Å². The lowest BCUT2D eigenvalue weighted by Gasteiger charge is -2.11. The lowest BCUT2D eigenvalue weighted by atomic mass is 10.0. The summed E-state index contributed by atoms with van der Waals surface area (Å²) in [6.07, 6.45) is 10.5. The number of hydrogen-bond acceptors (Lipinski definition) is 3. The molecule has 0 aromatic rings. The highest BCUT2D eigenvalue weighted by molar-refractivity contribution is 14.0. The molecule has 1 aliphatic carbocycles. The predicted molar refractivity (Wildman–Crippen MR) is 108 cm³/mol. The average Bonchev–Trinajstić information content (AvgIpc) is 2.95. The van der Waals surface area contributed by atoms with Gasteiger partial charge in [-0.25, -0.2) is 13.1 Å². The predicted octanol–water partition coefficient (Wildman–Crippen LogP) is 2.07. The van der Waals surface area contributed by atoms with Crippen molar-refractivity contribution in [3.63, 3.8) is 0 Å². The molecule has 0 heterocycles. The van der Waals surface area contributed by atoms with Crippen LogP contribution in [0.25, 0.3) is 0 Å². The van der Waals surface area contributed by atoms with Crippen LogP contribution in [0, 0.1) is 5.92 Å². The maximum Gasteiger partial charge on any atom is 0.208 e. The van der Waals surface area contributed by atoms with Crippen LogP contribution in [0.4, 0.5) is 0 Å². The molecule has 0 saturated heterocycles. The van der Waals surface area contributed by atoms with Crippen molar-refractivity contribution in [3.8, 4) is 0 Å². The van der Waals surface area contributed by atoms with Crippen LogP contribution in [0.1, 0.15) is 51.9 Å². The van der Waals surface area contributed by atoms with Gasteiger partial charge in [0.05, 0.1) is 6.26 Å². The van der Waals surface area contributed by atoms with Gasteiger partial charge in [0, 0.05) is 26.2 Å². The third-order valence-electron chi connectivity index (χ3n) is 3.89. The summed E-state index contributed by atoms with van der Waals surface area (Å²) in [4.78, 5) is 4.53. The summed E-state index contributed by atoms with van der Waals surface area (Å²) in [5.41, 5.74) is 0. The zero-order valence-electron chi connectivity index (χ0n) is 14.4. The fraction of sp³-hybridized carbons (Fsp3) is 0.933.